The summed E-state index contributed by atoms with van der Waals surface area (Å²) in [6.45, 7) is 4.30. The minimum absolute atomic E-state index is 0.347. The minimum atomic E-state index is -0.852. The van der Waals surface area contributed by atoms with Crippen LogP contribution in [0.5, 0.6) is 0 Å². The molecule has 2 aromatic rings. The molecule has 4 atom stereocenters. The first-order valence-corrected chi connectivity index (χ1v) is 9.26. The molecule has 1 aromatic carbocycles. The largest absolute Gasteiger partial charge is 0.456 e. The number of carbonyl (C=O) groups is 2. The van der Waals surface area contributed by atoms with Crippen molar-refractivity contribution in [3.05, 3.63) is 26.9 Å². The van der Waals surface area contributed by atoms with Crippen LogP contribution in [-0.4, -0.2) is 39.8 Å². The number of halogens is 3. The van der Waals surface area contributed by atoms with Gasteiger partial charge in [-0.15, -0.1) is 0 Å². The highest BCUT2D eigenvalue weighted by Crippen LogP contribution is 2.39. The molecule has 2 heterocycles. The van der Waals surface area contributed by atoms with Crippen molar-refractivity contribution in [3.8, 4) is 0 Å². The van der Waals surface area contributed by atoms with E-state index in [0.29, 0.717) is 25.8 Å². The van der Waals surface area contributed by atoms with E-state index in [0.717, 1.165) is 0 Å². The Morgan fingerprint density at radius 2 is 1.73 bits per heavy atom. The zero-order chi connectivity index (χ0) is 19.2. The Balaban J connectivity index is 2.10. The first-order chi connectivity index (χ1) is 12.2. The summed E-state index contributed by atoms with van der Waals surface area (Å²) in [6.07, 6.45) is -2.88. The van der Waals surface area contributed by atoms with E-state index in [1.54, 1.807) is 23.6 Å². The number of hydrogen-bond donors (Lipinski definition) is 0. The van der Waals surface area contributed by atoms with Gasteiger partial charge in [-0.05, 0) is 35.0 Å². The molecule has 0 aliphatic carbocycles. The molecule has 0 saturated carbocycles. The second-order valence-electron chi connectivity index (χ2n) is 5.89. The molecule has 1 fully saturated rings. The van der Waals surface area contributed by atoms with Crippen molar-refractivity contribution in [2.75, 3.05) is 0 Å². The number of fused-ring (bicyclic) bond motifs is 1. The summed E-state index contributed by atoms with van der Waals surface area (Å²) >= 11 is 15.6. The molecule has 1 aliphatic heterocycles. The number of esters is 2. The average Bonchev–Trinajstić information content (AvgIpc) is 2.97. The molecule has 0 unspecified atom stereocenters. The highest BCUT2D eigenvalue weighted by molar-refractivity contribution is 9.10. The first-order valence-electron chi connectivity index (χ1n) is 7.71. The summed E-state index contributed by atoms with van der Waals surface area (Å²) in [5.74, 6) is -1.01. The molecule has 0 amide bonds. The molecule has 1 saturated heterocycles. The van der Waals surface area contributed by atoms with Crippen molar-refractivity contribution in [2.45, 2.75) is 45.3 Å². The number of aromatic nitrogens is 2. The van der Waals surface area contributed by atoms with Gasteiger partial charge in [-0.2, -0.15) is 0 Å². The zero-order valence-corrected chi connectivity index (χ0v) is 17.1. The van der Waals surface area contributed by atoms with Gasteiger partial charge in [0.15, 0.2) is 23.2 Å². The average molecular weight is 466 g/mol. The topological polar surface area (TPSA) is 79.6 Å². The molecule has 26 heavy (non-hydrogen) atoms. The van der Waals surface area contributed by atoms with Gasteiger partial charge in [0.25, 0.3) is 0 Å². The van der Waals surface area contributed by atoms with Gasteiger partial charge >= 0.3 is 11.9 Å². The van der Waals surface area contributed by atoms with Gasteiger partial charge in [-0.1, -0.05) is 23.2 Å². The molecule has 0 N–H and O–H groups in total. The van der Waals surface area contributed by atoms with E-state index in [-0.39, 0.29) is 0 Å². The van der Waals surface area contributed by atoms with E-state index in [2.05, 4.69) is 20.9 Å². The van der Waals surface area contributed by atoms with Crippen LogP contribution in [0.4, 0.5) is 0 Å². The van der Waals surface area contributed by atoms with Crippen molar-refractivity contribution < 1.29 is 23.8 Å². The fraction of sp³-hybridized carbons (Fsp3) is 0.438. The fourth-order valence-corrected chi connectivity index (χ4v) is 3.89. The number of imidazole rings is 1. The van der Waals surface area contributed by atoms with E-state index < -0.39 is 36.5 Å². The summed E-state index contributed by atoms with van der Waals surface area (Å²) in [7, 11) is 0. The lowest BCUT2D eigenvalue weighted by atomic mass is 10.1. The van der Waals surface area contributed by atoms with Crippen LogP contribution in [-0.2, 0) is 23.8 Å². The van der Waals surface area contributed by atoms with Crippen LogP contribution in [0.25, 0.3) is 11.0 Å². The Hall–Kier alpha value is -1.35. The smallest absolute Gasteiger partial charge is 0.303 e. The van der Waals surface area contributed by atoms with Crippen LogP contribution >= 0.6 is 39.1 Å². The highest BCUT2D eigenvalue weighted by Gasteiger charge is 2.49. The second-order valence-corrected chi connectivity index (χ2v) is 7.41. The molecule has 0 spiro atoms. The standard InChI is InChI=1S/C16H15BrCl2N2O5/c1-6-13(25-7(2)22)14(26-8(3)23)15(24-6)21-12-5-10(19)9(18)4-11(12)20-16(21)17/h4-6,13-15H,1-3H3/t6-,13-,14-,15+/m1/s1. The predicted molar refractivity (Wildman–Crippen MR) is 98.1 cm³/mol. The number of nitrogens with zero attached hydrogens (tertiary/aromatic N) is 2. The van der Waals surface area contributed by atoms with Crippen molar-refractivity contribution in [3.63, 3.8) is 0 Å². The molecule has 10 heteroatoms. The van der Waals surface area contributed by atoms with Gasteiger partial charge in [0.2, 0.25) is 0 Å². The molecule has 0 radical (unpaired) electrons. The summed E-state index contributed by atoms with van der Waals surface area (Å²) < 4.78 is 18.8. The van der Waals surface area contributed by atoms with Crippen LogP contribution in [0.15, 0.2) is 16.9 Å². The Kier molecular flexibility index (Phi) is 5.48. The van der Waals surface area contributed by atoms with Crippen molar-refractivity contribution in [1.29, 1.82) is 0 Å². The maximum absolute atomic E-state index is 11.6. The van der Waals surface area contributed by atoms with E-state index in [1.807, 2.05) is 0 Å². The van der Waals surface area contributed by atoms with Crippen LogP contribution in [0.2, 0.25) is 10.0 Å². The summed E-state index contributed by atoms with van der Waals surface area (Å²) in [6, 6.07) is 3.28. The second kappa shape index (κ2) is 7.34. The molecule has 1 aromatic heterocycles. The number of ether oxygens (including phenoxy) is 3. The quantitative estimate of drug-likeness (QED) is 0.640. The Morgan fingerprint density at radius 1 is 1.15 bits per heavy atom. The number of carbonyl (C=O) groups excluding carboxylic acids is 2. The SMILES string of the molecule is CC(=O)O[C@@H]1[C@H](OC(C)=O)[C@@H](C)O[C@@H]1n1c(Br)nc2cc(Cl)c(Cl)cc21. The lowest BCUT2D eigenvalue weighted by Gasteiger charge is -2.24. The molecular formula is C16H15BrCl2N2O5. The first kappa shape index (κ1) is 19.4. The predicted octanol–water partition coefficient (Wildman–Crippen LogP) is 3.89. The molecular weight excluding hydrogens is 451 g/mol. The van der Waals surface area contributed by atoms with Crippen LogP contribution in [0, 0.1) is 0 Å². The third-order valence-electron chi connectivity index (χ3n) is 3.97. The molecule has 0 bridgehead atoms. The van der Waals surface area contributed by atoms with Crippen molar-refractivity contribution >= 4 is 62.1 Å². The minimum Gasteiger partial charge on any atom is -0.456 e. The van der Waals surface area contributed by atoms with Gasteiger partial charge in [-0.3, -0.25) is 14.2 Å². The normalized spacial score (nSPS) is 25.5. The van der Waals surface area contributed by atoms with Gasteiger partial charge < -0.3 is 14.2 Å². The third kappa shape index (κ3) is 3.55. The van der Waals surface area contributed by atoms with Gasteiger partial charge in [0, 0.05) is 13.8 Å². The fourth-order valence-electron chi connectivity index (χ4n) is 2.99. The molecule has 3 rings (SSSR count). The van der Waals surface area contributed by atoms with Gasteiger partial charge in [0.1, 0.15) is 0 Å². The lowest BCUT2D eigenvalue weighted by molar-refractivity contribution is -0.165. The van der Waals surface area contributed by atoms with E-state index in [4.69, 9.17) is 37.4 Å². The third-order valence-corrected chi connectivity index (χ3v) is 5.25. The van der Waals surface area contributed by atoms with Crippen molar-refractivity contribution in [2.24, 2.45) is 0 Å². The maximum atomic E-state index is 11.6. The summed E-state index contributed by atoms with van der Waals surface area (Å²) in [4.78, 5) is 27.5. The molecule has 1 aliphatic rings. The Bertz CT molecular complexity index is 887. The maximum Gasteiger partial charge on any atom is 0.303 e. The molecule has 7 nitrogen and oxygen atoms in total. The summed E-state index contributed by atoms with van der Waals surface area (Å²) in [5.41, 5.74) is 1.21. The Labute approximate surface area is 167 Å². The van der Waals surface area contributed by atoms with E-state index in [1.165, 1.54) is 13.8 Å². The van der Waals surface area contributed by atoms with Gasteiger partial charge in [0.05, 0.1) is 27.2 Å². The van der Waals surface area contributed by atoms with Crippen LogP contribution in [0.3, 0.4) is 0 Å². The molecule has 140 valence electrons. The van der Waals surface area contributed by atoms with E-state index >= 15 is 0 Å². The lowest BCUT2D eigenvalue weighted by Crippen LogP contribution is -2.38. The number of rotatable bonds is 3. The van der Waals surface area contributed by atoms with Gasteiger partial charge in [-0.25, -0.2) is 4.98 Å². The number of benzene rings is 1. The van der Waals surface area contributed by atoms with Crippen LogP contribution < -0.4 is 0 Å². The van der Waals surface area contributed by atoms with Crippen LogP contribution in [0.1, 0.15) is 27.0 Å². The zero-order valence-electron chi connectivity index (χ0n) is 14.0. The number of hydrogen-bond acceptors (Lipinski definition) is 6. The highest BCUT2D eigenvalue weighted by atomic mass is 79.9. The Morgan fingerprint density at radius 3 is 2.35 bits per heavy atom. The van der Waals surface area contributed by atoms with Crippen molar-refractivity contribution in [1.82, 2.24) is 9.55 Å². The summed E-state index contributed by atoms with van der Waals surface area (Å²) in [5, 5.41) is 0.714. The monoisotopic (exact) mass is 464 g/mol. The van der Waals surface area contributed by atoms with E-state index in [9.17, 15) is 9.59 Å².